The molecule has 0 spiro atoms. The maximum Gasteiger partial charge on any atom is 0.155 e. The summed E-state index contributed by atoms with van der Waals surface area (Å²) in [6.45, 7) is 3.99. The van der Waals surface area contributed by atoms with Crippen LogP contribution in [0, 0.1) is 12.3 Å². The molecule has 0 amide bonds. The molecule has 0 aliphatic heterocycles. The van der Waals surface area contributed by atoms with Crippen molar-refractivity contribution in [2.24, 2.45) is 0 Å². The molecule has 0 radical (unpaired) electrons. The first-order valence-electron chi connectivity index (χ1n) is 4.40. The predicted octanol–water partition coefficient (Wildman–Crippen LogP) is 1.64. The first-order chi connectivity index (χ1) is 6.65. The Morgan fingerprint density at radius 1 is 1.43 bits per heavy atom. The maximum atomic E-state index is 5.48. The maximum absolute atomic E-state index is 5.48. The van der Waals surface area contributed by atoms with E-state index in [1.165, 1.54) is 0 Å². The van der Waals surface area contributed by atoms with Crippen LogP contribution in [-0.2, 0) is 5.41 Å². The molecule has 0 N–H and O–H groups in total. The monoisotopic (exact) mass is 185 g/mol. The van der Waals surface area contributed by atoms with Gasteiger partial charge in [-0.15, -0.1) is 6.42 Å². The van der Waals surface area contributed by atoms with Crippen molar-refractivity contribution in [3.63, 3.8) is 0 Å². The van der Waals surface area contributed by atoms with E-state index in [0.717, 1.165) is 11.3 Å². The van der Waals surface area contributed by atoms with Crippen molar-refractivity contribution < 1.29 is 0 Å². The molecule has 2 aromatic rings. The Balaban J connectivity index is 2.72. The lowest BCUT2D eigenvalue weighted by Gasteiger charge is -2.16. The molecule has 0 atom stereocenters. The number of rotatable bonds is 1. The minimum absolute atomic E-state index is 0.305. The first-order valence-corrected chi connectivity index (χ1v) is 4.40. The van der Waals surface area contributed by atoms with Gasteiger partial charge in [0, 0.05) is 12.4 Å². The fourth-order valence-corrected chi connectivity index (χ4v) is 1.38. The van der Waals surface area contributed by atoms with Crippen LogP contribution in [0.1, 0.15) is 19.5 Å². The molecule has 2 aromatic heterocycles. The highest BCUT2D eigenvalue weighted by molar-refractivity contribution is 5.41. The molecule has 0 aliphatic carbocycles. The molecule has 70 valence electrons. The van der Waals surface area contributed by atoms with Gasteiger partial charge in [-0.2, -0.15) is 0 Å². The van der Waals surface area contributed by atoms with Crippen LogP contribution in [0.25, 0.3) is 5.65 Å². The summed E-state index contributed by atoms with van der Waals surface area (Å²) in [6, 6.07) is 0. The van der Waals surface area contributed by atoms with Gasteiger partial charge in [-0.3, -0.25) is 9.38 Å². The zero-order valence-electron chi connectivity index (χ0n) is 8.23. The molecule has 0 aliphatic rings. The summed E-state index contributed by atoms with van der Waals surface area (Å²) >= 11 is 0. The Bertz CT molecular complexity index is 502. The van der Waals surface area contributed by atoms with Crippen molar-refractivity contribution in [3.05, 3.63) is 30.5 Å². The Morgan fingerprint density at radius 3 is 2.93 bits per heavy atom. The van der Waals surface area contributed by atoms with Crippen molar-refractivity contribution in [1.29, 1.82) is 0 Å². The number of fused-ring (bicyclic) bond motifs is 1. The summed E-state index contributed by atoms with van der Waals surface area (Å²) in [6.07, 6.45) is 12.6. The summed E-state index contributed by atoms with van der Waals surface area (Å²) < 4.78 is 1.97. The van der Waals surface area contributed by atoms with Gasteiger partial charge in [0.15, 0.2) is 5.65 Å². The van der Waals surface area contributed by atoms with Gasteiger partial charge in [0.2, 0.25) is 0 Å². The highest BCUT2D eigenvalue weighted by Gasteiger charge is 2.21. The first kappa shape index (κ1) is 8.76. The summed E-state index contributed by atoms with van der Waals surface area (Å²) in [5.74, 6) is 2.75. The minimum atomic E-state index is -0.305. The number of nitrogens with zero attached hydrogens (tertiary/aromatic N) is 3. The topological polar surface area (TPSA) is 30.2 Å². The van der Waals surface area contributed by atoms with Gasteiger partial charge in [0.1, 0.15) is 0 Å². The van der Waals surface area contributed by atoms with E-state index < -0.39 is 0 Å². The highest BCUT2D eigenvalue weighted by atomic mass is 15.0. The third-order valence-electron chi connectivity index (χ3n) is 2.32. The summed E-state index contributed by atoms with van der Waals surface area (Å²) in [5, 5.41) is 0. The molecule has 0 saturated heterocycles. The van der Waals surface area contributed by atoms with Crippen molar-refractivity contribution in [3.8, 4) is 12.3 Å². The molecule has 0 fully saturated rings. The number of imidazole rings is 1. The van der Waals surface area contributed by atoms with E-state index in [2.05, 4.69) is 15.9 Å². The van der Waals surface area contributed by atoms with Gasteiger partial charge in [-0.25, -0.2) is 4.98 Å². The smallest absolute Gasteiger partial charge is 0.155 e. The van der Waals surface area contributed by atoms with E-state index in [1.54, 1.807) is 18.6 Å². The number of hydrogen-bond acceptors (Lipinski definition) is 2. The number of hydrogen-bond donors (Lipinski definition) is 0. The van der Waals surface area contributed by atoms with Crippen LogP contribution in [0.15, 0.2) is 24.8 Å². The SMILES string of the molecule is C#CC(C)(C)c1cnc2cnccn12. The van der Waals surface area contributed by atoms with E-state index in [9.17, 15) is 0 Å². The quantitative estimate of drug-likeness (QED) is 0.632. The summed E-state index contributed by atoms with van der Waals surface area (Å²) in [7, 11) is 0. The number of terminal acetylenes is 1. The second-order valence-corrected chi connectivity index (χ2v) is 3.72. The van der Waals surface area contributed by atoms with Crippen molar-refractivity contribution in [2.45, 2.75) is 19.3 Å². The zero-order chi connectivity index (χ0) is 10.2. The Morgan fingerprint density at radius 2 is 2.21 bits per heavy atom. The lowest BCUT2D eigenvalue weighted by Crippen LogP contribution is -2.16. The molecule has 0 bridgehead atoms. The molecular formula is C11H11N3. The Hall–Kier alpha value is -1.82. The molecule has 3 heteroatoms. The summed E-state index contributed by atoms with van der Waals surface area (Å²) in [4.78, 5) is 8.24. The highest BCUT2D eigenvalue weighted by Crippen LogP contribution is 2.22. The van der Waals surface area contributed by atoms with Crippen LogP contribution >= 0.6 is 0 Å². The molecular weight excluding hydrogens is 174 g/mol. The molecule has 3 nitrogen and oxygen atoms in total. The molecule has 2 heterocycles. The van der Waals surface area contributed by atoms with Crippen LogP contribution in [0.3, 0.4) is 0 Å². The second-order valence-electron chi connectivity index (χ2n) is 3.72. The minimum Gasteiger partial charge on any atom is -0.300 e. The third-order valence-corrected chi connectivity index (χ3v) is 2.32. The predicted molar refractivity (Wildman–Crippen MR) is 54.8 cm³/mol. The zero-order valence-corrected chi connectivity index (χ0v) is 8.23. The van der Waals surface area contributed by atoms with E-state index in [4.69, 9.17) is 6.42 Å². The van der Waals surface area contributed by atoms with E-state index in [-0.39, 0.29) is 5.41 Å². The average molecular weight is 185 g/mol. The lowest BCUT2D eigenvalue weighted by atomic mass is 9.91. The third kappa shape index (κ3) is 1.16. The number of aromatic nitrogens is 3. The van der Waals surface area contributed by atoms with Crippen molar-refractivity contribution in [1.82, 2.24) is 14.4 Å². The van der Waals surface area contributed by atoms with Gasteiger partial charge >= 0.3 is 0 Å². The molecule has 2 rings (SSSR count). The van der Waals surface area contributed by atoms with Gasteiger partial charge in [-0.1, -0.05) is 5.92 Å². The lowest BCUT2D eigenvalue weighted by molar-refractivity contribution is 0.662. The molecule has 0 unspecified atom stereocenters. The molecule has 0 saturated carbocycles. The van der Waals surface area contributed by atoms with Crippen LogP contribution in [0.2, 0.25) is 0 Å². The van der Waals surface area contributed by atoms with Gasteiger partial charge in [0.05, 0.1) is 23.5 Å². The van der Waals surface area contributed by atoms with Gasteiger partial charge in [-0.05, 0) is 13.8 Å². The fourth-order valence-electron chi connectivity index (χ4n) is 1.38. The Labute approximate surface area is 82.8 Å². The van der Waals surface area contributed by atoms with E-state index in [0.29, 0.717) is 0 Å². The molecule has 14 heavy (non-hydrogen) atoms. The van der Waals surface area contributed by atoms with E-state index >= 15 is 0 Å². The fraction of sp³-hybridized carbons (Fsp3) is 0.273. The normalized spacial score (nSPS) is 11.5. The van der Waals surface area contributed by atoms with Gasteiger partial charge in [0.25, 0.3) is 0 Å². The van der Waals surface area contributed by atoms with Crippen LogP contribution in [0.5, 0.6) is 0 Å². The molecule has 0 aromatic carbocycles. The van der Waals surface area contributed by atoms with Crippen LogP contribution < -0.4 is 0 Å². The van der Waals surface area contributed by atoms with E-state index in [1.807, 2.05) is 24.4 Å². The second kappa shape index (κ2) is 2.85. The Kier molecular flexibility index (Phi) is 1.78. The van der Waals surface area contributed by atoms with Crippen LogP contribution in [0.4, 0.5) is 0 Å². The van der Waals surface area contributed by atoms with Crippen LogP contribution in [-0.4, -0.2) is 14.4 Å². The largest absolute Gasteiger partial charge is 0.300 e. The van der Waals surface area contributed by atoms with Gasteiger partial charge < -0.3 is 0 Å². The standard InChI is InChI=1S/C11H11N3/c1-4-11(2,3)9-7-13-10-8-12-5-6-14(9)10/h1,5-8H,2-3H3. The average Bonchev–Trinajstić information content (AvgIpc) is 2.61. The summed E-state index contributed by atoms with van der Waals surface area (Å²) in [5.41, 5.74) is 1.53. The van der Waals surface area contributed by atoms with Crippen molar-refractivity contribution in [2.75, 3.05) is 0 Å². The van der Waals surface area contributed by atoms with Crippen molar-refractivity contribution >= 4 is 5.65 Å².